The second-order valence-electron chi connectivity index (χ2n) is 7.57. The Morgan fingerprint density at radius 3 is 2.33 bits per heavy atom. The van der Waals surface area contributed by atoms with Gasteiger partial charge in [0.1, 0.15) is 0 Å². The van der Waals surface area contributed by atoms with E-state index in [1.165, 1.54) is 5.56 Å². The molecule has 0 N–H and O–H groups in total. The van der Waals surface area contributed by atoms with Gasteiger partial charge in [0.2, 0.25) is 0 Å². The van der Waals surface area contributed by atoms with Crippen molar-refractivity contribution in [3.05, 3.63) is 36.0 Å². The number of benzene rings is 1. The Bertz CT molecular complexity index is 699. The van der Waals surface area contributed by atoms with Gasteiger partial charge in [0.25, 0.3) is 0 Å². The van der Waals surface area contributed by atoms with Crippen molar-refractivity contribution < 1.29 is 9.31 Å². The van der Waals surface area contributed by atoms with Gasteiger partial charge in [0.15, 0.2) is 0 Å². The van der Waals surface area contributed by atoms with Crippen molar-refractivity contribution in [2.75, 3.05) is 4.90 Å². The topological polar surface area (TPSA) is 34.1 Å². The minimum absolute atomic E-state index is 0.258. The van der Waals surface area contributed by atoms with Gasteiger partial charge < -0.3 is 0 Å². The molecule has 2 heterocycles. The second-order valence-corrected chi connectivity index (χ2v) is 8.41. The summed E-state index contributed by atoms with van der Waals surface area (Å²) >= 11 is 2.55. The van der Waals surface area contributed by atoms with Crippen molar-refractivity contribution in [2.45, 2.75) is 58.8 Å². The Labute approximate surface area is 154 Å². The summed E-state index contributed by atoms with van der Waals surface area (Å²) in [7, 11) is -0.351. The SMILES string of the molecule is Cc1cc(B2OC(C)(C)C(C)(C)O2)cc(N2C([As])=NC=CC2C)c1. The molecule has 0 amide bonds. The molecule has 3 rings (SSSR count). The average molecular weight is 386 g/mol. The number of nitrogens with zero attached hydrogens (tertiary/aromatic N) is 2. The first-order valence-corrected chi connectivity index (χ1v) is 9.24. The minimum atomic E-state index is -0.351. The van der Waals surface area contributed by atoms with Gasteiger partial charge in [0, 0.05) is 0 Å². The van der Waals surface area contributed by atoms with E-state index in [2.05, 4.69) is 92.6 Å². The quantitative estimate of drug-likeness (QED) is 0.733. The standard InChI is InChI=1S/C18H24AsBN2O2/c1-12-9-14(20-23-17(3,4)18(5,6)24-20)11-15(10-12)22-13(2)7-8-21-16(22)19/h7-11,13H,1-6H3. The van der Waals surface area contributed by atoms with Crippen LogP contribution >= 0.6 is 0 Å². The zero-order valence-corrected chi connectivity index (χ0v) is 17.1. The van der Waals surface area contributed by atoms with E-state index in [1.807, 2.05) is 6.20 Å². The number of aryl methyl sites for hydroxylation is 1. The molecule has 1 atom stereocenters. The predicted octanol–water partition coefficient (Wildman–Crippen LogP) is 2.54. The van der Waals surface area contributed by atoms with Gasteiger partial charge >= 0.3 is 154 Å². The Kier molecular flexibility index (Phi) is 4.48. The van der Waals surface area contributed by atoms with Gasteiger partial charge in [0.05, 0.1) is 0 Å². The second kappa shape index (κ2) is 6.05. The van der Waals surface area contributed by atoms with Crippen LogP contribution in [0.3, 0.4) is 0 Å². The molecule has 0 spiro atoms. The average Bonchev–Trinajstić information content (AvgIpc) is 2.67. The molecule has 6 heteroatoms. The third kappa shape index (κ3) is 3.10. The molecule has 2 aliphatic rings. The molecule has 24 heavy (non-hydrogen) atoms. The Morgan fingerprint density at radius 1 is 1.12 bits per heavy atom. The first kappa shape index (κ1) is 17.8. The molecule has 0 aliphatic carbocycles. The third-order valence-electron chi connectivity index (χ3n) is 5.07. The van der Waals surface area contributed by atoms with Crippen LogP contribution in [-0.4, -0.2) is 45.8 Å². The van der Waals surface area contributed by atoms with Crippen molar-refractivity contribution >= 4 is 39.7 Å². The number of aliphatic imine (C=N–C) groups is 1. The number of anilines is 1. The molecule has 1 fully saturated rings. The molecule has 2 radical (unpaired) electrons. The van der Waals surface area contributed by atoms with Crippen molar-refractivity contribution in [1.82, 2.24) is 0 Å². The van der Waals surface area contributed by atoms with Crippen LogP contribution in [0.25, 0.3) is 0 Å². The molecule has 0 aromatic heterocycles. The molecule has 0 saturated carbocycles. The fourth-order valence-electron chi connectivity index (χ4n) is 2.96. The summed E-state index contributed by atoms with van der Waals surface area (Å²) in [5.74, 6) is 0. The van der Waals surface area contributed by atoms with Gasteiger partial charge in [-0.2, -0.15) is 0 Å². The summed E-state index contributed by atoms with van der Waals surface area (Å²) in [6.45, 7) is 12.6. The van der Waals surface area contributed by atoms with Crippen LogP contribution in [0.4, 0.5) is 5.69 Å². The van der Waals surface area contributed by atoms with Crippen LogP contribution in [0.1, 0.15) is 40.2 Å². The first-order valence-electron chi connectivity index (χ1n) is 8.31. The van der Waals surface area contributed by atoms with Crippen LogP contribution in [0.5, 0.6) is 0 Å². The molecule has 1 saturated heterocycles. The molecule has 4 nitrogen and oxygen atoms in total. The summed E-state index contributed by atoms with van der Waals surface area (Å²) in [6, 6.07) is 6.71. The van der Waals surface area contributed by atoms with E-state index < -0.39 is 0 Å². The summed E-state index contributed by atoms with van der Waals surface area (Å²) in [4.78, 5) is 6.62. The number of amidine groups is 1. The van der Waals surface area contributed by atoms with Crippen molar-refractivity contribution in [1.29, 1.82) is 0 Å². The molecule has 1 aromatic rings. The number of hydrogen-bond acceptors (Lipinski definition) is 4. The van der Waals surface area contributed by atoms with Crippen molar-refractivity contribution in [3.63, 3.8) is 0 Å². The van der Waals surface area contributed by atoms with Crippen LogP contribution in [0.15, 0.2) is 35.5 Å². The zero-order valence-electron chi connectivity index (χ0n) is 15.2. The Balaban J connectivity index is 1.97. The summed E-state index contributed by atoms with van der Waals surface area (Å²) in [6.07, 6.45) is 3.95. The summed E-state index contributed by atoms with van der Waals surface area (Å²) < 4.78 is 13.4. The van der Waals surface area contributed by atoms with Gasteiger partial charge in [-0.1, -0.05) is 0 Å². The van der Waals surface area contributed by atoms with Crippen LogP contribution in [-0.2, 0) is 9.31 Å². The molecular formula is C18H24AsBN2O2. The Hall–Kier alpha value is -1.03. The molecule has 1 unspecified atom stereocenters. The molecule has 0 bridgehead atoms. The first-order chi connectivity index (χ1) is 11.1. The maximum atomic E-state index is 6.21. The molecule has 1 aromatic carbocycles. The van der Waals surface area contributed by atoms with E-state index >= 15 is 0 Å². The normalized spacial score (nSPS) is 25.1. The monoisotopic (exact) mass is 386 g/mol. The molecule has 2 aliphatic heterocycles. The van der Waals surface area contributed by atoms with Gasteiger partial charge in [-0.3, -0.25) is 0 Å². The third-order valence-corrected chi connectivity index (χ3v) is 5.76. The molecule has 126 valence electrons. The van der Waals surface area contributed by atoms with Gasteiger partial charge in [-0.05, 0) is 0 Å². The fraction of sp³-hybridized carbons (Fsp3) is 0.500. The van der Waals surface area contributed by atoms with Crippen molar-refractivity contribution in [2.24, 2.45) is 4.99 Å². The van der Waals surface area contributed by atoms with Crippen LogP contribution in [0, 0.1) is 6.92 Å². The molecular weight excluding hydrogens is 362 g/mol. The van der Waals surface area contributed by atoms with E-state index in [0.717, 1.165) is 15.8 Å². The zero-order chi connectivity index (χ0) is 17.7. The maximum absolute atomic E-state index is 6.21. The predicted molar refractivity (Wildman–Crippen MR) is 101 cm³/mol. The van der Waals surface area contributed by atoms with E-state index in [9.17, 15) is 0 Å². The summed E-state index contributed by atoms with van der Waals surface area (Å²) in [5, 5.41) is 0. The Morgan fingerprint density at radius 2 is 1.75 bits per heavy atom. The van der Waals surface area contributed by atoms with E-state index in [-0.39, 0.29) is 24.4 Å². The van der Waals surface area contributed by atoms with Gasteiger partial charge in [-0.25, -0.2) is 0 Å². The van der Waals surface area contributed by atoms with Gasteiger partial charge in [-0.15, -0.1) is 0 Å². The fourth-order valence-corrected chi connectivity index (χ4v) is 3.73. The summed E-state index contributed by atoms with van der Waals surface area (Å²) in [5.41, 5.74) is 2.66. The van der Waals surface area contributed by atoms with E-state index in [0.29, 0.717) is 0 Å². The van der Waals surface area contributed by atoms with E-state index in [1.54, 1.807) is 0 Å². The van der Waals surface area contributed by atoms with Crippen LogP contribution < -0.4 is 10.4 Å². The number of rotatable bonds is 2. The number of hydrogen-bond donors (Lipinski definition) is 0. The van der Waals surface area contributed by atoms with Crippen LogP contribution in [0.2, 0.25) is 0 Å². The van der Waals surface area contributed by atoms with E-state index in [4.69, 9.17) is 9.31 Å². The van der Waals surface area contributed by atoms with Crippen molar-refractivity contribution in [3.8, 4) is 0 Å².